The summed E-state index contributed by atoms with van der Waals surface area (Å²) < 4.78 is 11.3. The van der Waals surface area contributed by atoms with Gasteiger partial charge in [0.2, 0.25) is 5.91 Å². The van der Waals surface area contributed by atoms with Gasteiger partial charge in [0, 0.05) is 6.61 Å². The summed E-state index contributed by atoms with van der Waals surface area (Å²) in [5.41, 5.74) is 5.59. The summed E-state index contributed by atoms with van der Waals surface area (Å²) in [5.74, 6) is -0.777. The van der Waals surface area contributed by atoms with E-state index in [4.69, 9.17) is 14.6 Å². The minimum absolute atomic E-state index is 0.0308. The third-order valence-corrected chi connectivity index (χ3v) is 3.24. The van der Waals surface area contributed by atoms with E-state index in [-0.39, 0.29) is 30.6 Å². The predicted molar refractivity (Wildman–Crippen MR) is 59.8 cm³/mol. The highest BCUT2D eigenvalue weighted by molar-refractivity contribution is 5.81. The molecule has 2 rings (SSSR count). The quantitative estimate of drug-likeness (QED) is 0.623. The van der Waals surface area contributed by atoms with Crippen LogP contribution in [0.3, 0.4) is 0 Å². The van der Waals surface area contributed by atoms with Crippen LogP contribution in [0, 0.1) is 5.92 Å². The highest BCUT2D eigenvalue weighted by atomic mass is 16.7. The fourth-order valence-electron chi connectivity index (χ4n) is 2.38. The number of hydrogen-bond acceptors (Lipinski definition) is 5. The summed E-state index contributed by atoms with van der Waals surface area (Å²) in [6.07, 6.45) is 1.14. The Hall–Kier alpha value is -0.690. The molecule has 3 atom stereocenters. The fraction of sp³-hybridized carbons (Fsp3) is 0.909. The molecule has 0 aromatic rings. The van der Waals surface area contributed by atoms with Gasteiger partial charge < -0.3 is 14.6 Å². The molecule has 6 nitrogen and oxygen atoms in total. The number of ether oxygens (including phenoxy) is 2. The van der Waals surface area contributed by atoms with Crippen LogP contribution in [0.15, 0.2) is 0 Å². The second kappa shape index (κ2) is 4.89. The first-order valence-electron chi connectivity index (χ1n) is 6.01. The Bertz CT molecular complexity index is 295. The molecule has 0 radical (unpaired) electrons. The van der Waals surface area contributed by atoms with E-state index in [1.165, 1.54) is 0 Å². The molecule has 2 aliphatic heterocycles. The van der Waals surface area contributed by atoms with Gasteiger partial charge in [0.05, 0.1) is 18.6 Å². The van der Waals surface area contributed by atoms with Crippen LogP contribution in [-0.4, -0.2) is 42.2 Å². The lowest BCUT2D eigenvalue weighted by Gasteiger charge is -2.23. The van der Waals surface area contributed by atoms with E-state index < -0.39 is 5.79 Å². The van der Waals surface area contributed by atoms with Crippen molar-refractivity contribution in [2.24, 2.45) is 5.92 Å². The second-order valence-electron chi connectivity index (χ2n) is 5.00. The molecule has 17 heavy (non-hydrogen) atoms. The van der Waals surface area contributed by atoms with Crippen molar-refractivity contribution >= 4 is 5.91 Å². The largest absolute Gasteiger partial charge is 0.396 e. The smallest absolute Gasteiger partial charge is 0.238 e. The lowest BCUT2D eigenvalue weighted by Crippen LogP contribution is -2.43. The number of rotatable bonds is 4. The number of carbonyl (C=O) groups excluding carboxylic acids is 1. The van der Waals surface area contributed by atoms with Gasteiger partial charge in [-0.05, 0) is 26.7 Å². The van der Waals surface area contributed by atoms with Crippen molar-refractivity contribution in [2.45, 2.75) is 44.6 Å². The third-order valence-electron chi connectivity index (χ3n) is 3.24. The molecule has 2 heterocycles. The van der Waals surface area contributed by atoms with Crippen molar-refractivity contribution in [3.05, 3.63) is 0 Å². The summed E-state index contributed by atoms with van der Waals surface area (Å²) in [6.45, 7) is 4.30. The highest BCUT2D eigenvalue weighted by Crippen LogP contribution is 2.29. The molecule has 3 N–H and O–H groups in total. The molecule has 1 amide bonds. The zero-order chi connectivity index (χ0) is 12.5. The maximum Gasteiger partial charge on any atom is 0.238 e. The van der Waals surface area contributed by atoms with Gasteiger partial charge in [-0.2, -0.15) is 0 Å². The Kier molecular flexibility index (Phi) is 3.67. The van der Waals surface area contributed by atoms with Crippen LogP contribution in [0.5, 0.6) is 0 Å². The van der Waals surface area contributed by atoms with E-state index >= 15 is 0 Å². The Labute approximate surface area is 101 Å². The van der Waals surface area contributed by atoms with Gasteiger partial charge in [0.1, 0.15) is 6.10 Å². The van der Waals surface area contributed by atoms with Gasteiger partial charge >= 0.3 is 0 Å². The summed E-state index contributed by atoms with van der Waals surface area (Å²) in [4.78, 5) is 11.7. The van der Waals surface area contributed by atoms with Crippen LogP contribution >= 0.6 is 0 Å². The van der Waals surface area contributed by atoms with Gasteiger partial charge in [0.15, 0.2) is 5.79 Å². The Morgan fingerprint density at radius 3 is 2.88 bits per heavy atom. The Balaban J connectivity index is 1.97. The SMILES string of the molecule is CC1(C)OC[C@H]([C@@H]2NNC(=O)[C@H]2CCCO)O1. The maximum absolute atomic E-state index is 11.7. The number of aliphatic hydroxyl groups is 1. The first kappa shape index (κ1) is 12.8. The number of aliphatic hydroxyl groups excluding tert-OH is 1. The molecule has 6 heteroatoms. The lowest BCUT2D eigenvalue weighted by molar-refractivity contribution is -0.143. The van der Waals surface area contributed by atoms with E-state index in [2.05, 4.69) is 10.9 Å². The minimum atomic E-state index is -0.584. The molecule has 0 aromatic heterocycles. The molecule has 98 valence electrons. The maximum atomic E-state index is 11.7. The van der Waals surface area contributed by atoms with Crippen LogP contribution in [0.4, 0.5) is 0 Å². The molecule has 2 fully saturated rings. The van der Waals surface area contributed by atoms with E-state index in [9.17, 15) is 4.79 Å². The first-order chi connectivity index (χ1) is 8.03. The van der Waals surface area contributed by atoms with Crippen molar-refractivity contribution in [3.63, 3.8) is 0 Å². The molecule has 2 aliphatic rings. The van der Waals surface area contributed by atoms with Crippen LogP contribution in [-0.2, 0) is 14.3 Å². The molecule has 2 saturated heterocycles. The highest BCUT2D eigenvalue weighted by Gasteiger charge is 2.45. The van der Waals surface area contributed by atoms with Crippen LogP contribution in [0.1, 0.15) is 26.7 Å². The van der Waals surface area contributed by atoms with Crippen LogP contribution in [0.2, 0.25) is 0 Å². The molecule has 0 unspecified atom stereocenters. The summed E-state index contributed by atoms with van der Waals surface area (Å²) in [5, 5.41) is 8.84. The Morgan fingerprint density at radius 2 is 2.29 bits per heavy atom. The Morgan fingerprint density at radius 1 is 1.53 bits per heavy atom. The third kappa shape index (κ3) is 2.77. The monoisotopic (exact) mass is 244 g/mol. The van der Waals surface area contributed by atoms with Gasteiger partial charge in [0.25, 0.3) is 0 Å². The summed E-state index contributed by atoms with van der Waals surface area (Å²) in [7, 11) is 0. The van der Waals surface area contributed by atoms with Crippen molar-refractivity contribution in [2.75, 3.05) is 13.2 Å². The molecule has 0 bridgehead atoms. The van der Waals surface area contributed by atoms with Gasteiger partial charge in [-0.25, -0.2) is 5.43 Å². The minimum Gasteiger partial charge on any atom is -0.396 e. The predicted octanol–water partition coefficient (Wildman–Crippen LogP) is -0.470. The normalized spacial score (nSPS) is 36.2. The topological polar surface area (TPSA) is 79.8 Å². The molecule has 0 saturated carbocycles. The van der Waals surface area contributed by atoms with Crippen LogP contribution in [0.25, 0.3) is 0 Å². The first-order valence-corrected chi connectivity index (χ1v) is 6.01. The van der Waals surface area contributed by atoms with E-state index in [0.29, 0.717) is 19.4 Å². The average Bonchev–Trinajstić information content (AvgIpc) is 2.79. The number of hydrogen-bond donors (Lipinski definition) is 3. The number of nitrogens with one attached hydrogen (secondary N) is 2. The van der Waals surface area contributed by atoms with Crippen molar-refractivity contribution in [1.29, 1.82) is 0 Å². The second-order valence-corrected chi connectivity index (χ2v) is 5.00. The average molecular weight is 244 g/mol. The number of carbonyl (C=O) groups is 1. The molecule has 0 aromatic carbocycles. The zero-order valence-electron chi connectivity index (χ0n) is 10.2. The molecular formula is C11H20N2O4. The standard InChI is InChI=1S/C11H20N2O4/c1-11(2)16-6-8(17-11)9-7(4-3-5-14)10(15)13-12-9/h7-9,12,14H,3-6H2,1-2H3,(H,13,15)/t7-,8+,9+/m0/s1. The molecule has 0 spiro atoms. The molecule has 0 aliphatic carbocycles. The van der Waals surface area contributed by atoms with Crippen LogP contribution < -0.4 is 10.9 Å². The van der Waals surface area contributed by atoms with Crippen molar-refractivity contribution in [3.8, 4) is 0 Å². The number of hydrazine groups is 1. The van der Waals surface area contributed by atoms with E-state index in [1.54, 1.807) is 0 Å². The van der Waals surface area contributed by atoms with E-state index in [1.807, 2.05) is 13.8 Å². The molecular weight excluding hydrogens is 224 g/mol. The number of amides is 1. The van der Waals surface area contributed by atoms with Crippen molar-refractivity contribution in [1.82, 2.24) is 10.9 Å². The summed E-state index contributed by atoms with van der Waals surface area (Å²) in [6, 6.07) is -0.0872. The lowest BCUT2D eigenvalue weighted by atomic mass is 9.92. The van der Waals surface area contributed by atoms with Gasteiger partial charge in [-0.15, -0.1) is 0 Å². The van der Waals surface area contributed by atoms with Gasteiger partial charge in [-0.3, -0.25) is 10.2 Å². The zero-order valence-corrected chi connectivity index (χ0v) is 10.2. The summed E-state index contributed by atoms with van der Waals surface area (Å²) >= 11 is 0. The van der Waals surface area contributed by atoms with E-state index in [0.717, 1.165) is 0 Å². The van der Waals surface area contributed by atoms with Crippen molar-refractivity contribution < 1.29 is 19.4 Å². The van der Waals surface area contributed by atoms with Gasteiger partial charge in [-0.1, -0.05) is 0 Å². The fourth-order valence-corrected chi connectivity index (χ4v) is 2.38.